The van der Waals surface area contributed by atoms with Crippen LogP contribution < -0.4 is 4.74 Å². The Kier molecular flexibility index (Phi) is 5.64. The number of rotatable bonds is 4. The predicted molar refractivity (Wildman–Crippen MR) is 61.1 cm³/mol. The van der Waals surface area contributed by atoms with Gasteiger partial charge in [0.1, 0.15) is 11.6 Å². The molecule has 0 saturated heterocycles. The van der Waals surface area contributed by atoms with E-state index >= 15 is 0 Å². The molecule has 2 nitrogen and oxygen atoms in total. The van der Waals surface area contributed by atoms with E-state index in [1.807, 2.05) is 0 Å². The molecular weight excluding hydrogens is 264 g/mol. The average molecular weight is 276 g/mol. The molecule has 104 valence electrons. The van der Waals surface area contributed by atoms with Crippen LogP contribution in [0.4, 0.5) is 17.6 Å². The Labute approximate surface area is 108 Å². The summed E-state index contributed by atoms with van der Waals surface area (Å²) in [5.41, 5.74) is 0.287. The van der Waals surface area contributed by atoms with E-state index in [-0.39, 0.29) is 24.3 Å². The summed E-state index contributed by atoms with van der Waals surface area (Å²) in [5.74, 6) is 4.52. The zero-order valence-electron chi connectivity index (χ0n) is 9.93. The number of aliphatic hydroxyl groups excluding tert-OH is 1. The van der Waals surface area contributed by atoms with Crippen molar-refractivity contribution in [3.05, 3.63) is 29.6 Å². The predicted octanol–water partition coefficient (Wildman–Crippen LogP) is 2.89. The van der Waals surface area contributed by atoms with E-state index in [9.17, 15) is 17.6 Å². The van der Waals surface area contributed by atoms with Gasteiger partial charge in [0.25, 0.3) is 0 Å². The fraction of sp³-hybridized carbons (Fsp3) is 0.385. The van der Waals surface area contributed by atoms with Gasteiger partial charge in [-0.3, -0.25) is 0 Å². The van der Waals surface area contributed by atoms with Crippen molar-refractivity contribution in [2.75, 3.05) is 13.2 Å². The van der Waals surface area contributed by atoms with Gasteiger partial charge >= 0.3 is 6.18 Å². The molecule has 1 rings (SSSR count). The van der Waals surface area contributed by atoms with E-state index < -0.39 is 25.0 Å². The van der Waals surface area contributed by atoms with E-state index in [2.05, 4.69) is 11.8 Å². The maximum absolute atomic E-state index is 13.2. The second-order valence-corrected chi connectivity index (χ2v) is 3.66. The molecule has 0 heterocycles. The third-order valence-electron chi connectivity index (χ3n) is 2.00. The summed E-state index contributed by atoms with van der Waals surface area (Å²) in [4.78, 5) is 0. The molecule has 0 saturated carbocycles. The lowest BCUT2D eigenvalue weighted by Crippen LogP contribution is -2.13. The van der Waals surface area contributed by atoms with Crippen LogP contribution in [0.25, 0.3) is 0 Å². The summed E-state index contributed by atoms with van der Waals surface area (Å²) in [6, 6.07) is 3.48. The van der Waals surface area contributed by atoms with Crippen molar-refractivity contribution in [1.29, 1.82) is 0 Å². The molecule has 0 unspecified atom stereocenters. The standard InChI is InChI=1S/C13H12F4O2/c14-11-7-10(3-1-2-5-18)8-12(9-11)19-6-4-13(15,16)17/h7-9,18H,2,4-6H2. The van der Waals surface area contributed by atoms with Crippen LogP contribution in [0.5, 0.6) is 5.75 Å². The van der Waals surface area contributed by atoms with Gasteiger partial charge in [0, 0.05) is 18.1 Å². The van der Waals surface area contributed by atoms with Gasteiger partial charge in [-0.1, -0.05) is 11.8 Å². The molecule has 0 bridgehead atoms. The number of aliphatic hydroxyl groups is 1. The fourth-order valence-electron chi connectivity index (χ4n) is 1.22. The Morgan fingerprint density at radius 1 is 1.21 bits per heavy atom. The lowest BCUT2D eigenvalue weighted by Gasteiger charge is -2.09. The first kappa shape index (κ1) is 15.3. The molecule has 0 fully saturated rings. The molecule has 0 aliphatic heterocycles. The minimum absolute atomic E-state index is 0.00227. The van der Waals surface area contributed by atoms with Crippen molar-refractivity contribution in [2.45, 2.75) is 19.0 Å². The number of hydrogen-bond donors (Lipinski definition) is 1. The van der Waals surface area contributed by atoms with Crippen molar-refractivity contribution in [2.24, 2.45) is 0 Å². The van der Waals surface area contributed by atoms with Crippen LogP contribution in [0.1, 0.15) is 18.4 Å². The highest BCUT2D eigenvalue weighted by Gasteiger charge is 2.26. The maximum atomic E-state index is 13.2. The maximum Gasteiger partial charge on any atom is 0.392 e. The van der Waals surface area contributed by atoms with Crippen molar-refractivity contribution < 1.29 is 27.4 Å². The molecule has 0 aliphatic carbocycles. The Hall–Kier alpha value is -1.74. The number of hydrogen-bond acceptors (Lipinski definition) is 2. The number of halogens is 4. The van der Waals surface area contributed by atoms with Crippen LogP contribution in [0.15, 0.2) is 18.2 Å². The van der Waals surface area contributed by atoms with Crippen molar-refractivity contribution in [1.82, 2.24) is 0 Å². The molecule has 0 aliphatic rings. The quantitative estimate of drug-likeness (QED) is 0.677. The highest BCUT2D eigenvalue weighted by atomic mass is 19.4. The summed E-state index contributed by atoms with van der Waals surface area (Å²) in [5, 5.41) is 8.54. The second-order valence-electron chi connectivity index (χ2n) is 3.66. The van der Waals surface area contributed by atoms with Crippen LogP contribution in [0.3, 0.4) is 0 Å². The van der Waals surface area contributed by atoms with E-state index in [1.165, 1.54) is 6.07 Å². The van der Waals surface area contributed by atoms with Gasteiger partial charge in [0.15, 0.2) is 0 Å². The van der Waals surface area contributed by atoms with Crippen molar-refractivity contribution in [3.8, 4) is 17.6 Å². The summed E-state index contributed by atoms with van der Waals surface area (Å²) in [6.45, 7) is -0.687. The van der Waals surface area contributed by atoms with Gasteiger partial charge in [-0.25, -0.2) is 4.39 Å². The Morgan fingerprint density at radius 3 is 2.58 bits per heavy atom. The molecule has 0 amide bonds. The Balaban J connectivity index is 2.67. The van der Waals surface area contributed by atoms with Gasteiger partial charge in [0.05, 0.1) is 19.6 Å². The fourth-order valence-corrected chi connectivity index (χ4v) is 1.22. The van der Waals surface area contributed by atoms with Crippen LogP contribution in [-0.2, 0) is 0 Å². The molecular formula is C13H12F4O2. The molecule has 0 atom stereocenters. The summed E-state index contributed by atoms with van der Waals surface area (Å²) in [7, 11) is 0. The minimum atomic E-state index is -4.31. The first-order valence-electron chi connectivity index (χ1n) is 5.50. The zero-order valence-corrected chi connectivity index (χ0v) is 9.93. The summed E-state index contributed by atoms with van der Waals surface area (Å²) < 4.78 is 53.8. The molecule has 1 aromatic carbocycles. The van der Waals surface area contributed by atoms with Gasteiger partial charge in [-0.2, -0.15) is 13.2 Å². The lowest BCUT2D eigenvalue weighted by atomic mass is 10.2. The highest BCUT2D eigenvalue weighted by molar-refractivity contribution is 5.40. The van der Waals surface area contributed by atoms with Gasteiger partial charge < -0.3 is 9.84 Å². The smallest absolute Gasteiger partial charge is 0.392 e. The second kappa shape index (κ2) is 7.00. The average Bonchev–Trinajstić information content (AvgIpc) is 2.27. The van der Waals surface area contributed by atoms with E-state index in [1.54, 1.807) is 0 Å². The normalized spacial score (nSPS) is 10.8. The van der Waals surface area contributed by atoms with Crippen LogP contribution >= 0.6 is 0 Å². The van der Waals surface area contributed by atoms with Gasteiger partial charge in [-0.05, 0) is 12.1 Å². The topological polar surface area (TPSA) is 29.5 Å². The van der Waals surface area contributed by atoms with Crippen LogP contribution in [0, 0.1) is 17.7 Å². The van der Waals surface area contributed by atoms with E-state index in [4.69, 9.17) is 9.84 Å². The summed E-state index contributed by atoms with van der Waals surface area (Å²) in [6.07, 6.45) is -5.17. The SMILES string of the molecule is OCCC#Cc1cc(F)cc(OCCC(F)(F)F)c1. The third kappa shape index (κ3) is 6.67. The number of alkyl halides is 3. The molecule has 1 aromatic rings. The molecule has 19 heavy (non-hydrogen) atoms. The Bertz CT molecular complexity index is 472. The van der Waals surface area contributed by atoms with Gasteiger partial charge in [0.2, 0.25) is 0 Å². The monoisotopic (exact) mass is 276 g/mol. The number of ether oxygens (including phenoxy) is 1. The molecule has 0 spiro atoms. The largest absolute Gasteiger partial charge is 0.493 e. The zero-order chi connectivity index (χ0) is 14.3. The first-order chi connectivity index (χ1) is 8.90. The highest BCUT2D eigenvalue weighted by Crippen LogP contribution is 2.21. The van der Waals surface area contributed by atoms with Crippen LogP contribution in [-0.4, -0.2) is 24.5 Å². The van der Waals surface area contributed by atoms with Crippen molar-refractivity contribution >= 4 is 0 Å². The molecule has 6 heteroatoms. The minimum Gasteiger partial charge on any atom is -0.493 e. The third-order valence-corrected chi connectivity index (χ3v) is 2.00. The van der Waals surface area contributed by atoms with Gasteiger partial charge in [-0.15, -0.1) is 0 Å². The first-order valence-corrected chi connectivity index (χ1v) is 5.50. The Morgan fingerprint density at radius 2 is 1.95 bits per heavy atom. The van der Waals surface area contributed by atoms with E-state index in [0.717, 1.165) is 12.1 Å². The molecule has 0 aromatic heterocycles. The van der Waals surface area contributed by atoms with E-state index in [0.29, 0.717) is 0 Å². The summed E-state index contributed by atoms with van der Waals surface area (Å²) >= 11 is 0. The molecule has 0 radical (unpaired) electrons. The van der Waals surface area contributed by atoms with Crippen molar-refractivity contribution in [3.63, 3.8) is 0 Å². The van der Waals surface area contributed by atoms with Crippen LogP contribution in [0.2, 0.25) is 0 Å². The molecule has 1 N–H and O–H groups in total. The number of benzene rings is 1. The lowest BCUT2D eigenvalue weighted by molar-refractivity contribution is -0.139.